The van der Waals surface area contributed by atoms with Gasteiger partial charge in [0.05, 0.1) is 18.6 Å². The van der Waals surface area contributed by atoms with Gasteiger partial charge in [0.1, 0.15) is 5.75 Å². The van der Waals surface area contributed by atoms with Gasteiger partial charge in [-0.25, -0.2) is 0 Å². The number of ether oxygens (including phenoxy) is 1. The Morgan fingerprint density at radius 3 is 2.22 bits per heavy atom. The summed E-state index contributed by atoms with van der Waals surface area (Å²) in [4.78, 5) is 11.7. The molecule has 3 nitrogen and oxygen atoms in total. The highest BCUT2D eigenvalue weighted by Crippen LogP contribution is 2.29. The molecule has 0 atom stereocenters. The first kappa shape index (κ1) is 17.1. The number of halogens is 4. The van der Waals surface area contributed by atoms with Crippen molar-refractivity contribution in [3.8, 4) is 5.75 Å². The average molecular weight is 344 g/mol. The highest BCUT2D eigenvalue weighted by atomic mass is 35.5. The number of hydrogen-bond donors (Lipinski definition) is 1. The van der Waals surface area contributed by atoms with E-state index in [0.29, 0.717) is 16.5 Å². The zero-order chi connectivity index (χ0) is 16.9. The van der Waals surface area contributed by atoms with Crippen LogP contribution in [-0.2, 0) is 11.0 Å². The summed E-state index contributed by atoms with van der Waals surface area (Å²) >= 11 is 5.74. The molecule has 2 rings (SSSR count). The topological polar surface area (TPSA) is 38.3 Å². The van der Waals surface area contributed by atoms with Crippen LogP contribution in [0.2, 0.25) is 5.02 Å². The molecule has 0 aromatic heterocycles. The molecule has 0 spiro atoms. The number of rotatable bonds is 5. The normalized spacial score (nSPS) is 11.1. The highest BCUT2D eigenvalue weighted by molar-refractivity contribution is 6.30. The van der Waals surface area contributed by atoms with Crippen LogP contribution < -0.4 is 10.1 Å². The summed E-state index contributed by atoms with van der Waals surface area (Å²) in [7, 11) is 0. The SMILES string of the molecule is O=C(CCOc1ccc(Cl)cc1)Nc1ccc(C(F)(F)F)cc1. The zero-order valence-electron chi connectivity index (χ0n) is 11.9. The van der Waals surface area contributed by atoms with E-state index in [-0.39, 0.29) is 18.9 Å². The molecule has 2 aromatic rings. The second-order valence-corrected chi connectivity index (χ2v) is 5.11. The maximum atomic E-state index is 12.4. The van der Waals surface area contributed by atoms with E-state index in [9.17, 15) is 18.0 Å². The summed E-state index contributed by atoms with van der Waals surface area (Å²) in [6.45, 7) is 0.147. The van der Waals surface area contributed by atoms with E-state index in [1.807, 2.05) is 0 Å². The molecule has 7 heteroatoms. The van der Waals surface area contributed by atoms with Crippen molar-refractivity contribution >= 4 is 23.2 Å². The fourth-order valence-electron chi connectivity index (χ4n) is 1.76. The summed E-state index contributed by atoms with van der Waals surface area (Å²) in [5.74, 6) is 0.232. The van der Waals surface area contributed by atoms with Crippen molar-refractivity contribution in [1.29, 1.82) is 0 Å². The van der Waals surface area contributed by atoms with Gasteiger partial charge in [-0.15, -0.1) is 0 Å². The van der Waals surface area contributed by atoms with Gasteiger partial charge in [-0.3, -0.25) is 4.79 Å². The van der Waals surface area contributed by atoms with Crippen LogP contribution in [0, 0.1) is 0 Å². The number of hydrogen-bond acceptors (Lipinski definition) is 2. The van der Waals surface area contributed by atoms with Gasteiger partial charge >= 0.3 is 6.18 Å². The fourth-order valence-corrected chi connectivity index (χ4v) is 1.88. The van der Waals surface area contributed by atoms with E-state index in [0.717, 1.165) is 12.1 Å². The van der Waals surface area contributed by atoms with Crippen LogP contribution >= 0.6 is 11.6 Å². The minimum atomic E-state index is -4.39. The largest absolute Gasteiger partial charge is 0.493 e. The lowest BCUT2D eigenvalue weighted by Crippen LogP contribution is -2.15. The predicted molar refractivity (Wildman–Crippen MR) is 81.6 cm³/mol. The summed E-state index contributed by atoms with van der Waals surface area (Å²) < 4.78 is 42.6. The van der Waals surface area contributed by atoms with Gasteiger partial charge in [0.2, 0.25) is 5.91 Å². The van der Waals surface area contributed by atoms with Crippen LogP contribution in [0.3, 0.4) is 0 Å². The molecule has 0 bridgehead atoms. The van der Waals surface area contributed by atoms with Crippen molar-refractivity contribution < 1.29 is 22.7 Å². The van der Waals surface area contributed by atoms with Crippen LogP contribution in [0.1, 0.15) is 12.0 Å². The monoisotopic (exact) mass is 343 g/mol. The lowest BCUT2D eigenvalue weighted by molar-refractivity contribution is -0.137. The Bertz CT molecular complexity index is 655. The molecule has 0 aliphatic heterocycles. The van der Waals surface area contributed by atoms with E-state index < -0.39 is 11.7 Å². The van der Waals surface area contributed by atoms with E-state index in [4.69, 9.17) is 16.3 Å². The first-order valence-corrected chi connectivity index (χ1v) is 7.08. The number of alkyl halides is 3. The van der Waals surface area contributed by atoms with Gasteiger partial charge in [-0.05, 0) is 48.5 Å². The van der Waals surface area contributed by atoms with Gasteiger partial charge in [0.15, 0.2) is 0 Å². The Morgan fingerprint density at radius 2 is 1.65 bits per heavy atom. The van der Waals surface area contributed by atoms with E-state index >= 15 is 0 Å². The lowest BCUT2D eigenvalue weighted by atomic mass is 10.2. The smallest absolute Gasteiger partial charge is 0.416 e. The average Bonchev–Trinajstić information content (AvgIpc) is 2.49. The summed E-state index contributed by atoms with van der Waals surface area (Å²) in [6.07, 6.45) is -4.32. The van der Waals surface area contributed by atoms with Crippen LogP contribution in [0.5, 0.6) is 5.75 Å². The van der Waals surface area contributed by atoms with Gasteiger partial charge < -0.3 is 10.1 Å². The first-order valence-electron chi connectivity index (χ1n) is 6.70. The van der Waals surface area contributed by atoms with Crippen LogP contribution in [-0.4, -0.2) is 12.5 Å². The van der Waals surface area contributed by atoms with Gasteiger partial charge in [0, 0.05) is 10.7 Å². The van der Waals surface area contributed by atoms with E-state index in [1.165, 1.54) is 12.1 Å². The Morgan fingerprint density at radius 1 is 1.04 bits per heavy atom. The second kappa shape index (κ2) is 7.37. The molecule has 1 N–H and O–H groups in total. The van der Waals surface area contributed by atoms with Crippen molar-refractivity contribution in [2.75, 3.05) is 11.9 Å². The molecular weight excluding hydrogens is 331 g/mol. The number of nitrogens with one attached hydrogen (secondary N) is 1. The quantitative estimate of drug-likeness (QED) is 0.849. The third kappa shape index (κ3) is 5.49. The summed E-state index contributed by atoms with van der Waals surface area (Å²) in [5, 5.41) is 3.09. The molecule has 0 fully saturated rings. The lowest BCUT2D eigenvalue weighted by Gasteiger charge is -2.09. The van der Waals surface area contributed by atoms with Crippen molar-refractivity contribution in [2.24, 2.45) is 0 Å². The van der Waals surface area contributed by atoms with Crippen molar-refractivity contribution in [3.05, 3.63) is 59.1 Å². The minimum Gasteiger partial charge on any atom is -0.493 e. The van der Waals surface area contributed by atoms with E-state index in [1.54, 1.807) is 24.3 Å². The Kier molecular flexibility index (Phi) is 5.50. The third-order valence-electron chi connectivity index (χ3n) is 2.91. The Labute approximate surface area is 136 Å². The van der Waals surface area contributed by atoms with Gasteiger partial charge in [-0.1, -0.05) is 11.6 Å². The predicted octanol–water partition coefficient (Wildman–Crippen LogP) is 4.77. The molecule has 0 aliphatic carbocycles. The number of anilines is 1. The molecule has 122 valence electrons. The number of amides is 1. The van der Waals surface area contributed by atoms with Crippen LogP contribution in [0.25, 0.3) is 0 Å². The van der Waals surface area contributed by atoms with Crippen molar-refractivity contribution in [3.63, 3.8) is 0 Å². The Balaban J connectivity index is 1.79. The highest BCUT2D eigenvalue weighted by Gasteiger charge is 2.29. The summed E-state index contributed by atoms with van der Waals surface area (Å²) in [5.41, 5.74) is -0.462. The molecule has 2 aromatic carbocycles. The molecule has 1 amide bonds. The number of carbonyl (C=O) groups is 1. The number of carbonyl (C=O) groups excluding carboxylic acids is 1. The molecule has 0 saturated heterocycles. The maximum Gasteiger partial charge on any atom is 0.416 e. The fraction of sp³-hybridized carbons (Fsp3) is 0.188. The van der Waals surface area contributed by atoms with Crippen LogP contribution in [0.15, 0.2) is 48.5 Å². The molecule has 0 aliphatic rings. The molecule has 0 saturated carbocycles. The summed E-state index contributed by atoms with van der Waals surface area (Å²) in [6, 6.07) is 10.9. The van der Waals surface area contributed by atoms with Crippen LogP contribution in [0.4, 0.5) is 18.9 Å². The maximum absolute atomic E-state index is 12.4. The molecule has 0 unspecified atom stereocenters. The first-order chi connectivity index (χ1) is 10.8. The minimum absolute atomic E-state index is 0.0731. The molecule has 23 heavy (non-hydrogen) atoms. The number of benzene rings is 2. The van der Waals surface area contributed by atoms with E-state index in [2.05, 4.69) is 5.32 Å². The van der Waals surface area contributed by atoms with Gasteiger partial charge in [0.25, 0.3) is 0 Å². The molecule has 0 radical (unpaired) electrons. The third-order valence-corrected chi connectivity index (χ3v) is 3.16. The Hall–Kier alpha value is -2.21. The second-order valence-electron chi connectivity index (χ2n) is 4.68. The molecular formula is C16H13ClF3NO2. The zero-order valence-corrected chi connectivity index (χ0v) is 12.6. The van der Waals surface area contributed by atoms with Crippen molar-refractivity contribution in [1.82, 2.24) is 0 Å². The molecule has 0 heterocycles. The van der Waals surface area contributed by atoms with Gasteiger partial charge in [-0.2, -0.15) is 13.2 Å². The van der Waals surface area contributed by atoms with Crippen molar-refractivity contribution in [2.45, 2.75) is 12.6 Å². The standard InChI is InChI=1S/C16H13ClF3NO2/c17-12-3-7-14(8-4-12)23-10-9-15(22)21-13-5-1-11(2-6-13)16(18,19)20/h1-8H,9-10H2,(H,21,22).